The van der Waals surface area contributed by atoms with E-state index in [2.05, 4.69) is 16.9 Å². The lowest BCUT2D eigenvalue weighted by Crippen LogP contribution is -2.12. The zero-order valence-corrected chi connectivity index (χ0v) is 7.81. The van der Waals surface area contributed by atoms with E-state index < -0.39 is 0 Å². The lowest BCUT2D eigenvalue weighted by molar-refractivity contribution is 0.599. The Balaban J connectivity index is 2.52. The Kier molecular flexibility index (Phi) is 1.88. The third-order valence-corrected chi connectivity index (χ3v) is 2.05. The minimum atomic E-state index is 0.921. The quantitative estimate of drug-likeness (QED) is 0.690. The van der Waals surface area contributed by atoms with Crippen LogP contribution in [0.4, 0.5) is 0 Å². The second-order valence-electron chi connectivity index (χ2n) is 2.86. The fraction of sp³-hybridized carbons (Fsp3) is 0.333. The van der Waals surface area contributed by atoms with E-state index in [1.165, 1.54) is 0 Å². The topological polar surface area (TPSA) is 35.6 Å². The van der Waals surface area contributed by atoms with E-state index in [-0.39, 0.29) is 0 Å². The summed E-state index contributed by atoms with van der Waals surface area (Å²) in [6.45, 7) is 4.06. The van der Waals surface area contributed by atoms with E-state index in [4.69, 9.17) is 0 Å². The van der Waals surface area contributed by atoms with Crippen LogP contribution in [0.25, 0.3) is 0 Å². The Labute approximate surface area is 76.8 Å². The standard InChI is InChI=1S/C9H12N4/c1-3-9-11-5-7-13(9)12-6-4-10-8(12)2/h4-7H,3H2,1-2H3. The normalized spacial score (nSPS) is 10.6. The van der Waals surface area contributed by atoms with Crippen molar-refractivity contribution < 1.29 is 0 Å². The molecule has 0 aliphatic carbocycles. The average Bonchev–Trinajstić information content (AvgIpc) is 2.71. The summed E-state index contributed by atoms with van der Waals surface area (Å²) in [7, 11) is 0. The Morgan fingerprint density at radius 2 is 1.85 bits per heavy atom. The average molecular weight is 176 g/mol. The van der Waals surface area contributed by atoms with Gasteiger partial charge in [-0.15, -0.1) is 0 Å². The number of nitrogens with zero attached hydrogens (tertiary/aromatic N) is 4. The zero-order valence-electron chi connectivity index (χ0n) is 7.81. The molecule has 2 heterocycles. The molecule has 2 rings (SSSR count). The number of rotatable bonds is 2. The number of hydrogen-bond donors (Lipinski definition) is 0. The van der Waals surface area contributed by atoms with Crippen LogP contribution in [0.2, 0.25) is 0 Å². The highest BCUT2D eigenvalue weighted by atomic mass is 15.5. The fourth-order valence-corrected chi connectivity index (χ4v) is 1.38. The molecule has 0 saturated heterocycles. The third kappa shape index (κ3) is 1.24. The molecule has 0 atom stereocenters. The predicted molar refractivity (Wildman–Crippen MR) is 49.4 cm³/mol. The van der Waals surface area contributed by atoms with Crippen molar-refractivity contribution in [3.05, 3.63) is 36.4 Å². The van der Waals surface area contributed by atoms with Crippen LogP contribution in [-0.4, -0.2) is 19.3 Å². The van der Waals surface area contributed by atoms with Gasteiger partial charge in [-0.2, -0.15) is 0 Å². The SMILES string of the molecule is CCc1nccn1-n1ccnc1C. The van der Waals surface area contributed by atoms with Crippen molar-refractivity contribution in [1.82, 2.24) is 19.3 Å². The van der Waals surface area contributed by atoms with E-state index in [0.29, 0.717) is 0 Å². The second-order valence-corrected chi connectivity index (χ2v) is 2.86. The molecule has 0 aromatic carbocycles. The van der Waals surface area contributed by atoms with Gasteiger partial charge in [0.2, 0.25) is 0 Å². The Morgan fingerprint density at radius 1 is 1.15 bits per heavy atom. The summed E-state index contributed by atoms with van der Waals surface area (Å²) in [6.07, 6.45) is 8.38. The van der Waals surface area contributed by atoms with Gasteiger partial charge in [0.25, 0.3) is 0 Å². The highest BCUT2D eigenvalue weighted by Gasteiger charge is 2.03. The molecule has 0 radical (unpaired) electrons. The van der Waals surface area contributed by atoms with Crippen LogP contribution in [0, 0.1) is 6.92 Å². The van der Waals surface area contributed by atoms with Crippen LogP contribution in [0.3, 0.4) is 0 Å². The van der Waals surface area contributed by atoms with Crippen LogP contribution in [0.1, 0.15) is 18.6 Å². The lowest BCUT2D eigenvalue weighted by Gasteiger charge is -2.08. The smallest absolute Gasteiger partial charge is 0.128 e. The highest BCUT2D eigenvalue weighted by molar-refractivity contribution is 4.98. The minimum absolute atomic E-state index is 0.921. The van der Waals surface area contributed by atoms with Gasteiger partial charge in [-0.05, 0) is 6.92 Å². The highest BCUT2D eigenvalue weighted by Crippen LogP contribution is 2.02. The fourth-order valence-electron chi connectivity index (χ4n) is 1.38. The molecule has 2 aromatic rings. The van der Waals surface area contributed by atoms with Gasteiger partial charge < -0.3 is 0 Å². The summed E-state index contributed by atoms with van der Waals surface area (Å²) >= 11 is 0. The van der Waals surface area contributed by atoms with Crippen LogP contribution < -0.4 is 0 Å². The van der Waals surface area contributed by atoms with Crippen LogP contribution >= 0.6 is 0 Å². The van der Waals surface area contributed by atoms with Gasteiger partial charge in [0.1, 0.15) is 11.6 Å². The first-order valence-electron chi connectivity index (χ1n) is 4.35. The molecular formula is C9H12N4. The van der Waals surface area contributed by atoms with E-state index in [9.17, 15) is 0 Å². The second kappa shape index (κ2) is 3.05. The number of hydrogen-bond acceptors (Lipinski definition) is 2. The summed E-state index contributed by atoms with van der Waals surface area (Å²) in [5.41, 5.74) is 0. The van der Waals surface area contributed by atoms with Gasteiger partial charge in [0, 0.05) is 31.2 Å². The summed E-state index contributed by atoms with van der Waals surface area (Å²) in [4.78, 5) is 8.41. The predicted octanol–water partition coefficient (Wildman–Crippen LogP) is 1.26. The lowest BCUT2D eigenvalue weighted by atomic mass is 10.5. The molecule has 0 saturated carbocycles. The van der Waals surface area contributed by atoms with Crippen molar-refractivity contribution in [1.29, 1.82) is 0 Å². The summed E-state index contributed by atoms with van der Waals surface area (Å²) < 4.78 is 3.98. The Hall–Kier alpha value is -1.58. The first kappa shape index (κ1) is 8.04. The molecule has 0 amide bonds. The van der Waals surface area contributed by atoms with Gasteiger partial charge in [-0.1, -0.05) is 6.92 Å². The molecule has 4 heteroatoms. The molecule has 0 unspecified atom stereocenters. The van der Waals surface area contributed by atoms with E-state index >= 15 is 0 Å². The van der Waals surface area contributed by atoms with Gasteiger partial charge in [0.15, 0.2) is 0 Å². The van der Waals surface area contributed by atoms with Crippen LogP contribution in [0.5, 0.6) is 0 Å². The Bertz CT molecular complexity index is 399. The van der Waals surface area contributed by atoms with Crippen molar-refractivity contribution in [3.63, 3.8) is 0 Å². The summed E-state index contributed by atoms with van der Waals surface area (Å²) in [5, 5.41) is 0. The van der Waals surface area contributed by atoms with Crippen molar-refractivity contribution in [2.24, 2.45) is 0 Å². The molecule has 0 fully saturated rings. The first-order chi connectivity index (χ1) is 6.33. The van der Waals surface area contributed by atoms with Gasteiger partial charge >= 0.3 is 0 Å². The summed E-state index contributed by atoms with van der Waals surface area (Å²) in [5.74, 6) is 2.01. The molecular weight excluding hydrogens is 164 g/mol. The maximum absolute atomic E-state index is 4.25. The molecule has 0 aliphatic heterocycles. The third-order valence-electron chi connectivity index (χ3n) is 2.05. The molecule has 13 heavy (non-hydrogen) atoms. The van der Waals surface area contributed by atoms with Crippen molar-refractivity contribution >= 4 is 0 Å². The molecule has 68 valence electrons. The largest absolute Gasteiger partial charge is 0.240 e. The van der Waals surface area contributed by atoms with Crippen molar-refractivity contribution in [2.45, 2.75) is 20.3 Å². The Morgan fingerprint density at radius 3 is 2.46 bits per heavy atom. The molecule has 0 aliphatic rings. The van der Waals surface area contributed by atoms with Gasteiger partial charge in [-0.3, -0.25) is 0 Å². The maximum Gasteiger partial charge on any atom is 0.128 e. The van der Waals surface area contributed by atoms with Crippen molar-refractivity contribution in [3.8, 4) is 0 Å². The number of imidazole rings is 2. The zero-order chi connectivity index (χ0) is 9.26. The van der Waals surface area contributed by atoms with Crippen LogP contribution in [-0.2, 0) is 6.42 Å². The monoisotopic (exact) mass is 176 g/mol. The molecule has 2 aromatic heterocycles. The van der Waals surface area contributed by atoms with Gasteiger partial charge in [0.05, 0.1) is 0 Å². The van der Waals surface area contributed by atoms with E-state index in [1.807, 2.05) is 28.7 Å². The maximum atomic E-state index is 4.25. The molecule has 4 nitrogen and oxygen atoms in total. The van der Waals surface area contributed by atoms with E-state index in [0.717, 1.165) is 18.1 Å². The molecule has 0 N–H and O–H groups in total. The summed E-state index contributed by atoms with van der Waals surface area (Å²) in [6, 6.07) is 0. The van der Waals surface area contributed by atoms with E-state index in [1.54, 1.807) is 12.4 Å². The van der Waals surface area contributed by atoms with Crippen LogP contribution in [0.15, 0.2) is 24.8 Å². The number of aryl methyl sites for hydroxylation is 2. The first-order valence-corrected chi connectivity index (χ1v) is 4.35. The molecule has 0 spiro atoms. The molecule has 0 bridgehead atoms. The van der Waals surface area contributed by atoms with Crippen molar-refractivity contribution in [2.75, 3.05) is 0 Å². The number of aromatic nitrogens is 4. The van der Waals surface area contributed by atoms with Gasteiger partial charge in [-0.25, -0.2) is 19.3 Å². The minimum Gasteiger partial charge on any atom is -0.240 e.